The van der Waals surface area contributed by atoms with E-state index < -0.39 is 24.1 Å². The molecule has 3 N–H and O–H groups in total. The highest BCUT2D eigenvalue weighted by molar-refractivity contribution is 5.83. The summed E-state index contributed by atoms with van der Waals surface area (Å²) in [5.74, 6) is -1.08. The minimum atomic E-state index is -1.08. The van der Waals surface area contributed by atoms with Gasteiger partial charge in [-0.05, 0) is 12.8 Å². The SMILES string of the molecule is O=C(O)[C@@H]1C[C@@H](O)CN1C(=O)NC1CCOCC1. The monoisotopic (exact) mass is 258 g/mol. The zero-order valence-corrected chi connectivity index (χ0v) is 10.0. The van der Waals surface area contributed by atoms with Crippen LogP contribution in [-0.2, 0) is 9.53 Å². The average molecular weight is 258 g/mol. The number of nitrogens with one attached hydrogen (secondary N) is 1. The molecule has 0 aromatic rings. The van der Waals surface area contributed by atoms with E-state index >= 15 is 0 Å². The minimum absolute atomic E-state index is 0.0263. The van der Waals surface area contributed by atoms with Crippen LogP contribution in [0.5, 0.6) is 0 Å². The molecule has 2 atom stereocenters. The van der Waals surface area contributed by atoms with Crippen molar-refractivity contribution in [1.82, 2.24) is 10.2 Å². The summed E-state index contributed by atoms with van der Waals surface area (Å²) in [6.07, 6.45) is 0.808. The number of ether oxygens (including phenoxy) is 1. The number of hydrogen-bond donors (Lipinski definition) is 3. The molecule has 2 aliphatic rings. The van der Waals surface area contributed by atoms with Gasteiger partial charge in [0, 0.05) is 32.2 Å². The zero-order valence-electron chi connectivity index (χ0n) is 10.0. The first-order valence-corrected chi connectivity index (χ1v) is 6.13. The number of aliphatic hydroxyl groups is 1. The number of amides is 2. The van der Waals surface area contributed by atoms with Crippen LogP contribution in [0.2, 0.25) is 0 Å². The van der Waals surface area contributed by atoms with Gasteiger partial charge in [0.05, 0.1) is 6.10 Å². The molecule has 0 saturated carbocycles. The molecule has 18 heavy (non-hydrogen) atoms. The van der Waals surface area contributed by atoms with Gasteiger partial charge in [-0.25, -0.2) is 9.59 Å². The van der Waals surface area contributed by atoms with Crippen LogP contribution >= 0.6 is 0 Å². The lowest BCUT2D eigenvalue weighted by Crippen LogP contribution is -2.50. The standard InChI is InChI=1S/C11H18N2O5/c14-8-5-9(10(15)16)13(6-8)11(17)12-7-1-3-18-4-2-7/h7-9,14H,1-6H2,(H,12,17)(H,15,16)/t8-,9+/m1/s1. The number of carboxylic acids is 1. The van der Waals surface area contributed by atoms with Crippen molar-refractivity contribution in [2.75, 3.05) is 19.8 Å². The fourth-order valence-electron chi connectivity index (χ4n) is 2.37. The molecule has 0 aliphatic carbocycles. The smallest absolute Gasteiger partial charge is 0.326 e. The van der Waals surface area contributed by atoms with Crippen LogP contribution in [0, 0.1) is 0 Å². The van der Waals surface area contributed by atoms with Crippen molar-refractivity contribution < 1.29 is 24.5 Å². The number of aliphatic hydroxyl groups excluding tert-OH is 1. The van der Waals surface area contributed by atoms with Gasteiger partial charge in [-0.1, -0.05) is 0 Å². The van der Waals surface area contributed by atoms with Crippen molar-refractivity contribution in [2.45, 2.75) is 37.5 Å². The first-order chi connectivity index (χ1) is 8.58. The molecule has 2 rings (SSSR count). The molecule has 102 valence electrons. The highest BCUT2D eigenvalue weighted by Crippen LogP contribution is 2.19. The quantitative estimate of drug-likeness (QED) is 0.614. The third kappa shape index (κ3) is 2.91. The van der Waals surface area contributed by atoms with E-state index in [1.54, 1.807) is 0 Å². The first kappa shape index (κ1) is 13.1. The molecule has 2 fully saturated rings. The fraction of sp³-hybridized carbons (Fsp3) is 0.818. The Hall–Kier alpha value is -1.34. The van der Waals surface area contributed by atoms with E-state index in [2.05, 4.69) is 5.32 Å². The van der Waals surface area contributed by atoms with Gasteiger partial charge in [0.1, 0.15) is 6.04 Å². The number of carbonyl (C=O) groups excluding carboxylic acids is 1. The van der Waals surface area contributed by atoms with E-state index in [9.17, 15) is 14.7 Å². The molecule has 2 heterocycles. The van der Waals surface area contributed by atoms with Crippen LogP contribution in [0.25, 0.3) is 0 Å². The van der Waals surface area contributed by atoms with Crippen molar-refractivity contribution in [1.29, 1.82) is 0 Å². The van der Waals surface area contributed by atoms with Gasteiger partial charge in [-0.2, -0.15) is 0 Å². The number of urea groups is 1. The molecule has 0 spiro atoms. The van der Waals surface area contributed by atoms with Gasteiger partial charge in [0.15, 0.2) is 0 Å². The lowest BCUT2D eigenvalue weighted by atomic mass is 10.1. The summed E-state index contributed by atoms with van der Waals surface area (Å²) in [7, 11) is 0. The molecule has 0 radical (unpaired) electrons. The summed E-state index contributed by atoms with van der Waals surface area (Å²) in [6, 6.07) is -1.32. The molecule has 2 saturated heterocycles. The van der Waals surface area contributed by atoms with E-state index in [0.29, 0.717) is 13.2 Å². The van der Waals surface area contributed by atoms with E-state index in [1.807, 2.05) is 0 Å². The predicted octanol–water partition coefficient (Wildman–Crippen LogP) is -0.605. The van der Waals surface area contributed by atoms with Crippen LogP contribution in [0.4, 0.5) is 4.79 Å². The molecule has 2 aliphatic heterocycles. The number of β-amino-alcohol motifs (C(OH)–C–C–N with tert-alkyl or cyclic N) is 1. The normalized spacial score (nSPS) is 29.3. The molecular weight excluding hydrogens is 240 g/mol. The van der Waals surface area contributed by atoms with Gasteiger partial charge in [-0.15, -0.1) is 0 Å². The molecular formula is C11H18N2O5. The lowest BCUT2D eigenvalue weighted by Gasteiger charge is -2.27. The Morgan fingerprint density at radius 3 is 2.56 bits per heavy atom. The Morgan fingerprint density at radius 1 is 1.28 bits per heavy atom. The number of nitrogens with zero attached hydrogens (tertiary/aromatic N) is 1. The molecule has 7 nitrogen and oxygen atoms in total. The van der Waals surface area contributed by atoms with Crippen LogP contribution in [0.1, 0.15) is 19.3 Å². The maximum Gasteiger partial charge on any atom is 0.326 e. The summed E-state index contributed by atoms with van der Waals surface area (Å²) >= 11 is 0. The average Bonchev–Trinajstić information content (AvgIpc) is 2.73. The van der Waals surface area contributed by atoms with E-state index in [0.717, 1.165) is 12.8 Å². The van der Waals surface area contributed by atoms with Crippen molar-refractivity contribution in [3.63, 3.8) is 0 Å². The van der Waals surface area contributed by atoms with E-state index in [-0.39, 0.29) is 19.0 Å². The van der Waals surface area contributed by atoms with Crippen LogP contribution in [0.3, 0.4) is 0 Å². The van der Waals surface area contributed by atoms with Gasteiger partial charge in [0.2, 0.25) is 0 Å². The summed E-state index contributed by atoms with van der Waals surface area (Å²) in [5.41, 5.74) is 0. The Bertz CT molecular complexity index is 329. The maximum atomic E-state index is 12.0. The Labute approximate surface area is 105 Å². The van der Waals surface area contributed by atoms with Crippen molar-refractivity contribution in [2.24, 2.45) is 0 Å². The maximum absolute atomic E-state index is 12.0. The number of carbonyl (C=O) groups is 2. The van der Waals surface area contributed by atoms with Crippen LogP contribution < -0.4 is 5.32 Å². The van der Waals surface area contributed by atoms with Crippen molar-refractivity contribution in [3.8, 4) is 0 Å². The second-order valence-corrected chi connectivity index (χ2v) is 4.73. The zero-order chi connectivity index (χ0) is 13.1. The Kier molecular flexibility index (Phi) is 4.03. The largest absolute Gasteiger partial charge is 0.480 e. The van der Waals surface area contributed by atoms with Gasteiger partial charge >= 0.3 is 12.0 Å². The number of likely N-dealkylation sites (tertiary alicyclic amines) is 1. The minimum Gasteiger partial charge on any atom is -0.480 e. The Morgan fingerprint density at radius 2 is 1.94 bits per heavy atom. The predicted molar refractivity (Wildman–Crippen MR) is 61.1 cm³/mol. The third-order valence-electron chi connectivity index (χ3n) is 3.37. The number of carboxylic acid groups (broad SMARTS) is 1. The highest BCUT2D eigenvalue weighted by Gasteiger charge is 2.39. The lowest BCUT2D eigenvalue weighted by molar-refractivity contribution is -0.141. The molecule has 0 aromatic carbocycles. The number of hydrogen-bond acceptors (Lipinski definition) is 4. The number of rotatable bonds is 2. The second kappa shape index (κ2) is 5.53. The topological polar surface area (TPSA) is 99.1 Å². The van der Waals surface area contributed by atoms with Crippen LogP contribution in [0.15, 0.2) is 0 Å². The third-order valence-corrected chi connectivity index (χ3v) is 3.37. The summed E-state index contributed by atoms with van der Waals surface area (Å²) < 4.78 is 5.18. The van der Waals surface area contributed by atoms with Crippen LogP contribution in [-0.4, -0.2) is 65.1 Å². The van der Waals surface area contributed by atoms with Gasteiger partial charge < -0.3 is 25.2 Å². The molecule has 0 bridgehead atoms. The highest BCUT2D eigenvalue weighted by atomic mass is 16.5. The molecule has 0 unspecified atom stereocenters. The molecule has 2 amide bonds. The second-order valence-electron chi connectivity index (χ2n) is 4.73. The summed E-state index contributed by atoms with van der Waals surface area (Å²) in [4.78, 5) is 24.2. The van der Waals surface area contributed by atoms with E-state index in [4.69, 9.17) is 9.84 Å². The van der Waals surface area contributed by atoms with Crippen molar-refractivity contribution in [3.05, 3.63) is 0 Å². The van der Waals surface area contributed by atoms with Crippen molar-refractivity contribution >= 4 is 12.0 Å². The van der Waals surface area contributed by atoms with E-state index in [1.165, 1.54) is 4.90 Å². The van der Waals surface area contributed by atoms with Gasteiger partial charge in [-0.3, -0.25) is 0 Å². The molecule has 7 heteroatoms. The summed E-state index contributed by atoms with van der Waals surface area (Å²) in [5, 5.41) is 21.3. The summed E-state index contributed by atoms with van der Waals surface area (Å²) in [6.45, 7) is 1.29. The molecule has 0 aromatic heterocycles. The van der Waals surface area contributed by atoms with Gasteiger partial charge in [0.25, 0.3) is 0 Å². The number of aliphatic carboxylic acids is 1. The Balaban J connectivity index is 1.92. The first-order valence-electron chi connectivity index (χ1n) is 6.13. The fourth-order valence-corrected chi connectivity index (χ4v) is 2.37.